The van der Waals surface area contributed by atoms with Crippen molar-refractivity contribution in [1.82, 2.24) is 9.80 Å². The van der Waals surface area contributed by atoms with Gasteiger partial charge in [0.05, 0.1) is 24.8 Å². The quantitative estimate of drug-likeness (QED) is 0.206. The van der Waals surface area contributed by atoms with Crippen LogP contribution in [0.1, 0.15) is 50.3 Å². The number of benzene rings is 2. The summed E-state index contributed by atoms with van der Waals surface area (Å²) in [7, 11) is 3.93. The van der Waals surface area contributed by atoms with Gasteiger partial charge in [-0.2, -0.15) is 0 Å². The van der Waals surface area contributed by atoms with Crippen molar-refractivity contribution in [3.05, 3.63) is 65.2 Å². The second kappa shape index (κ2) is 12.4. The van der Waals surface area contributed by atoms with Gasteiger partial charge in [-0.1, -0.05) is 37.6 Å². The number of hydrogen-bond acceptors (Lipinski definition) is 6. The Morgan fingerprint density at radius 2 is 1.74 bits per heavy atom. The summed E-state index contributed by atoms with van der Waals surface area (Å²) in [4.78, 5) is 29.9. The van der Waals surface area contributed by atoms with Gasteiger partial charge in [0, 0.05) is 12.1 Å². The zero-order chi connectivity index (χ0) is 25.4. The van der Waals surface area contributed by atoms with E-state index in [0.29, 0.717) is 43.2 Å². The van der Waals surface area contributed by atoms with Crippen LogP contribution in [0.3, 0.4) is 0 Å². The van der Waals surface area contributed by atoms with Gasteiger partial charge in [-0.05, 0) is 70.2 Å². The molecule has 0 aromatic heterocycles. The van der Waals surface area contributed by atoms with Crippen molar-refractivity contribution in [2.24, 2.45) is 0 Å². The van der Waals surface area contributed by atoms with Crippen LogP contribution in [0, 0.1) is 0 Å². The number of hydrogen-bond donors (Lipinski definition) is 1. The van der Waals surface area contributed by atoms with Crippen LogP contribution >= 0.6 is 0 Å². The molecule has 0 spiro atoms. The molecule has 1 aliphatic rings. The Bertz CT molecular complexity index is 1050. The predicted octanol–water partition coefficient (Wildman–Crippen LogP) is 4.64. The van der Waals surface area contributed by atoms with Crippen molar-refractivity contribution >= 4 is 17.4 Å². The zero-order valence-corrected chi connectivity index (χ0v) is 21.1. The molecule has 1 saturated heterocycles. The highest BCUT2D eigenvalue weighted by Gasteiger charge is 2.45. The molecule has 1 atom stereocenters. The topological polar surface area (TPSA) is 79.3 Å². The molecule has 0 bridgehead atoms. The maximum atomic E-state index is 13.2. The number of carbonyl (C=O) groups excluding carboxylic acids is 2. The summed E-state index contributed by atoms with van der Waals surface area (Å²) >= 11 is 0. The summed E-state index contributed by atoms with van der Waals surface area (Å²) in [6, 6.07) is 13.7. The van der Waals surface area contributed by atoms with Gasteiger partial charge in [-0.3, -0.25) is 9.59 Å². The van der Waals surface area contributed by atoms with Gasteiger partial charge in [0.1, 0.15) is 17.3 Å². The van der Waals surface area contributed by atoms with Gasteiger partial charge < -0.3 is 24.4 Å². The van der Waals surface area contributed by atoms with E-state index in [1.54, 1.807) is 23.1 Å². The molecule has 1 aliphatic heterocycles. The first-order valence-electron chi connectivity index (χ1n) is 12.3. The number of unbranched alkanes of at least 4 members (excludes halogenated alkanes) is 1. The van der Waals surface area contributed by atoms with Crippen LogP contribution in [0.4, 0.5) is 0 Å². The number of carbonyl (C=O) groups is 2. The van der Waals surface area contributed by atoms with E-state index in [9.17, 15) is 14.7 Å². The van der Waals surface area contributed by atoms with E-state index in [-0.39, 0.29) is 11.3 Å². The largest absolute Gasteiger partial charge is 0.507 e. The highest BCUT2D eigenvalue weighted by molar-refractivity contribution is 6.46. The Kier molecular flexibility index (Phi) is 9.32. The summed E-state index contributed by atoms with van der Waals surface area (Å²) in [6.07, 6.45) is 2.64. The van der Waals surface area contributed by atoms with Gasteiger partial charge in [0.25, 0.3) is 11.7 Å². The van der Waals surface area contributed by atoms with Crippen LogP contribution in [0.25, 0.3) is 5.76 Å². The van der Waals surface area contributed by atoms with Crippen molar-refractivity contribution in [1.29, 1.82) is 0 Å². The summed E-state index contributed by atoms with van der Waals surface area (Å²) in [6.45, 7) is 6.29. The molecule has 2 aromatic rings. The molecular formula is C28H36N2O5. The summed E-state index contributed by atoms with van der Waals surface area (Å²) in [5, 5.41) is 11.3. The molecule has 0 saturated carbocycles. The molecule has 7 nitrogen and oxygen atoms in total. The Labute approximate surface area is 207 Å². The molecule has 0 radical (unpaired) electrons. The van der Waals surface area contributed by atoms with E-state index in [2.05, 4.69) is 6.92 Å². The standard InChI is InChI=1S/C28H36N2O5/c1-5-7-18-35-23-11-8-10-21(19-23)26(31)24-25(20-12-14-22(15-13-20)34-6-2)30(28(33)27(24)32)17-9-16-29(3)4/h8,10-15,19,25,31H,5-7,9,16-18H2,1-4H3/b26-24+. The fourth-order valence-electron chi connectivity index (χ4n) is 4.15. The van der Waals surface area contributed by atoms with E-state index in [4.69, 9.17) is 9.47 Å². The number of nitrogens with zero attached hydrogens (tertiary/aromatic N) is 2. The number of ketones is 1. The first kappa shape index (κ1) is 26.3. The number of aliphatic hydroxyl groups excluding tert-OH is 1. The summed E-state index contributed by atoms with van der Waals surface area (Å²) < 4.78 is 11.3. The lowest BCUT2D eigenvalue weighted by molar-refractivity contribution is -0.139. The lowest BCUT2D eigenvalue weighted by Crippen LogP contribution is -2.32. The molecule has 2 aromatic carbocycles. The van der Waals surface area contributed by atoms with Crippen LogP contribution in [0.15, 0.2) is 54.1 Å². The Balaban J connectivity index is 2.02. The van der Waals surface area contributed by atoms with E-state index < -0.39 is 17.7 Å². The Morgan fingerprint density at radius 3 is 2.40 bits per heavy atom. The first-order valence-corrected chi connectivity index (χ1v) is 12.3. The Morgan fingerprint density at radius 1 is 1.00 bits per heavy atom. The fourth-order valence-corrected chi connectivity index (χ4v) is 4.15. The molecule has 0 aliphatic carbocycles. The normalized spacial score (nSPS) is 17.3. The molecule has 1 fully saturated rings. The highest BCUT2D eigenvalue weighted by atomic mass is 16.5. The van der Waals surface area contributed by atoms with Gasteiger partial charge in [-0.25, -0.2) is 0 Å². The molecule has 188 valence electrons. The highest BCUT2D eigenvalue weighted by Crippen LogP contribution is 2.40. The minimum atomic E-state index is -0.683. The minimum absolute atomic E-state index is 0.0923. The van der Waals surface area contributed by atoms with Gasteiger partial charge in [0.2, 0.25) is 0 Å². The van der Waals surface area contributed by atoms with Gasteiger partial charge >= 0.3 is 0 Å². The van der Waals surface area contributed by atoms with E-state index >= 15 is 0 Å². The predicted molar refractivity (Wildman–Crippen MR) is 137 cm³/mol. The molecule has 1 N–H and O–H groups in total. The third kappa shape index (κ3) is 6.42. The molecule has 7 heteroatoms. The van der Waals surface area contributed by atoms with Crippen LogP contribution < -0.4 is 9.47 Å². The monoisotopic (exact) mass is 480 g/mol. The van der Waals surface area contributed by atoms with E-state index in [0.717, 1.165) is 24.9 Å². The van der Waals surface area contributed by atoms with Crippen molar-refractivity contribution in [3.63, 3.8) is 0 Å². The first-order chi connectivity index (χ1) is 16.9. The smallest absolute Gasteiger partial charge is 0.295 e. The fraction of sp³-hybridized carbons (Fsp3) is 0.429. The Hall–Kier alpha value is -3.32. The van der Waals surface area contributed by atoms with Crippen LogP contribution in [0.5, 0.6) is 11.5 Å². The number of amides is 1. The van der Waals surface area contributed by atoms with E-state index in [1.807, 2.05) is 56.3 Å². The second-order valence-corrected chi connectivity index (χ2v) is 8.88. The zero-order valence-electron chi connectivity index (χ0n) is 21.1. The number of aliphatic hydroxyl groups is 1. The average molecular weight is 481 g/mol. The number of Topliss-reactive ketones (excluding diaryl/α,β-unsaturated/α-hetero) is 1. The van der Waals surface area contributed by atoms with Crippen LogP contribution in [-0.4, -0.2) is 67.0 Å². The average Bonchev–Trinajstić information content (AvgIpc) is 3.09. The number of ether oxygens (including phenoxy) is 2. The summed E-state index contributed by atoms with van der Waals surface area (Å²) in [5.41, 5.74) is 1.28. The number of likely N-dealkylation sites (tertiary alicyclic amines) is 1. The summed E-state index contributed by atoms with van der Waals surface area (Å²) in [5.74, 6) is -0.153. The lowest BCUT2D eigenvalue weighted by Gasteiger charge is -2.26. The molecule has 35 heavy (non-hydrogen) atoms. The minimum Gasteiger partial charge on any atom is -0.507 e. The lowest BCUT2D eigenvalue weighted by atomic mass is 9.95. The third-order valence-electron chi connectivity index (χ3n) is 5.93. The maximum Gasteiger partial charge on any atom is 0.295 e. The molecular weight excluding hydrogens is 444 g/mol. The van der Waals surface area contributed by atoms with Gasteiger partial charge in [-0.15, -0.1) is 0 Å². The molecule has 3 rings (SSSR count). The van der Waals surface area contributed by atoms with Crippen molar-refractivity contribution in [3.8, 4) is 11.5 Å². The third-order valence-corrected chi connectivity index (χ3v) is 5.93. The molecule has 1 heterocycles. The maximum absolute atomic E-state index is 13.2. The molecule has 1 amide bonds. The van der Waals surface area contributed by atoms with Crippen molar-refractivity contribution < 1.29 is 24.2 Å². The van der Waals surface area contributed by atoms with Crippen molar-refractivity contribution in [2.45, 2.75) is 39.2 Å². The SMILES string of the molecule is CCCCOc1cccc(/C(O)=C2\C(=O)C(=O)N(CCCN(C)C)C2c2ccc(OCC)cc2)c1. The molecule has 1 unspecified atom stereocenters. The van der Waals surface area contributed by atoms with Crippen molar-refractivity contribution in [2.75, 3.05) is 40.4 Å². The van der Waals surface area contributed by atoms with E-state index in [1.165, 1.54) is 0 Å². The number of rotatable bonds is 12. The van der Waals surface area contributed by atoms with Gasteiger partial charge in [0.15, 0.2) is 0 Å². The second-order valence-electron chi connectivity index (χ2n) is 8.88. The van der Waals surface area contributed by atoms with Crippen LogP contribution in [-0.2, 0) is 9.59 Å². The van der Waals surface area contributed by atoms with Crippen LogP contribution in [0.2, 0.25) is 0 Å².